The van der Waals surface area contributed by atoms with Gasteiger partial charge in [-0.1, -0.05) is 60.1 Å². The lowest BCUT2D eigenvalue weighted by Gasteiger charge is -2.23. The maximum atomic E-state index is 14.4. The molecule has 1 amide bonds. The van der Waals surface area contributed by atoms with Crippen LogP contribution in [0.3, 0.4) is 0 Å². The summed E-state index contributed by atoms with van der Waals surface area (Å²) in [6, 6.07) is 15.1. The first kappa shape index (κ1) is 26.1. The molecule has 1 aliphatic carbocycles. The number of benzene rings is 2. The van der Waals surface area contributed by atoms with Crippen molar-refractivity contribution in [2.24, 2.45) is 0 Å². The number of alkyl halides is 3. The number of hydrogen-bond donors (Lipinski definition) is 1. The van der Waals surface area contributed by atoms with E-state index in [9.17, 15) is 18.0 Å². The quantitative estimate of drug-likeness (QED) is 0.267. The molecule has 2 aromatic carbocycles. The fourth-order valence-electron chi connectivity index (χ4n) is 5.33. The number of fused-ring (bicyclic) bond motifs is 4. The standard InChI is InChI=1S/C29H24ClF3N6O/c1-15-8-4-5-10-19(15)14-38-17(3)23(16(2)36-38)35-28(40)25-22(30)27-34-24-20-11-7-6-9-18(20)12-13-21(24)26(29(31,32)33)39(27)37-25/h4-11H,12-14H2,1-3H3,(H,35,40). The van der Waals surface area contributed by atoms with Crippen LogP contribution >= 0.6 is 11.6 Å². The topological polar surface area (TPSA) is 77.1 Å². The van der Waals surface area contributed by atoms with Crippen molar-refractivity contribution in [1.29, 1.82) is 0 Å². The van der Waals surface area contributed by atoms with Gasteiger partial charge in [-0.05, 0) is 50.3 Å². The van der Waals surface area contributed by atoms with E-state index in [1.54, 1.807) is 23.7 Å². The molecule has 1 aliphatic rings. The van der Waals surface area contributed by atoms with E-state index in [4.69, 9.17) is 11.6 Å². The zero-order valence-electron chi connectivity index (χ0n) is 21.9. The summed E-state index contributed by atoms with van der Waals surface area (Å²) in [5.41, 5.74) is 4.10. The predicted molar refractivity (Wildman–Crippen MR) is 146 cm³/mol. The molecule has 3 heterocycles. The Morgan fingerprint density at radius 1 is 1.02 bits per heavy atom. The van der Waals surface area contributed by atoms with E-state index in [2.05, 4.69) is 20.5 Å². The van der Waals surface area contributed by atoms with Gasteiger partial charge in [-0.15, -0.1) is 0 Å². The molecule has 0 saturated heterocycles. The van der Waals surface area contributed by atoms with Crippen LogP contribution in [0.2, 0.25) is 5.02 Å². The molecule has 1 N–H and O–H groups in total. The SMILES string of the molecule is Cc1ccccc1Cn1nc(C)c(NC(=O)c2nn3c(C(F)(F)F)c4c(nc3c2Cl)-c2ccccc2CC4)c1C. The van der Waals surface area contributed by atoms with Gasteiger partial charge in [0.05, 0.1) is 29.3 Å². The van der Waals surface area contributed by atoms with Crippen molar-refractivity contribution < 1.29 is 18.0 Å². The Hall–Kier alpha value is -4.18. The molecule has 204 valence electrons. The van der Waals surface area contributed by atoms with E-state index in [0.717, 1.165) is 16.7 Å². The third-order valence-corrected chi connectivity index (χ3v) is 7.76. The number of nitrogens with one attached hydrogen (secondary N) is 1. The Kier molecular flexibility index (Phi) is 6.18. The average Bonchev–Trinajstić information content (AvgIpc) is 3.38. The van der Waals surface area contributed by atoms with Crippen molar-refractivity contribution in [3.63, 3.8) is 0 Å². The fourth-order valence-corrected chi connectivity index (χ4v) is 5.58. The molecular weight excluding hydrogens is 541 g/mol. The average molecular weight is 565 g/mol. The normalized spacial score (nSPS) is 12.9. The maximum absolute atomic E-state index is 14.4. The van der Waals surface area contributed by atoms with E-state index in [1.807, 2.05) is 50.2 Å². The Morgan fingerprint density at radius 3 is 2.50 bits per heavy atom. The minimum absolute atomic E-state index is 0.0361. The van der Waals surface area contributed by atoms with Gasteiger partial charge in [-0.2, -0.15) is 23.4 Å². The molecule has 0 unspecified atom stereocenters. The zero-order valence-corrected chi connectivity index (χ0v) is 22.7. The van der Waals surface area contributed by atoms with Gasteiger partial charge in [0.1, 0.15) is 5.02 Å². The van der Waals surface area contributed by atoms with Gasteiger partial charge in [0.25, 0.3) is 5.91 Å². The summed E-state index contributed by atoms with van der Waals surface area (Å²) in [4.78, 5) is 17.9. The van der Waals surface area contributed by atoms with Gasteiger partial charge in [0.2, 0.25) is 0 Å². The van der Waals surface area contributed by atoms with Crippen LogP contribution < -0.4 is 5.32 Å². The first-order valence-corrected chi connectivity index (χ1v) is 13.1. The number of hydrogen-bond acceptors (Lipinski definition) is 4. The van der Waals surface area contributed by atoms with Crippen LogP contribution in [0.5, 0.6) is 0 Å². The minimum Gasteiger partial charge on any atom is -0.317 e. The molecule has 0 aliphatic heterocycles. The molecule has 0 spiro atoms. The first-order chi connectivity index (χ1) is 19.0. The highest BCUT2D eigenvalue weighted by molar-refractivity contribution is 6.37. The summed E-state index contributed by atoms with van der Waals surface area (Å²) in [6.07, 6.45) is -4.17. The molecule has 11 heteroatoms. The van der Waals surface area contributed by atoms with Crippen LogP contribution in [-0.2, 0) is 25.6 Å². The van der Waals surface area contributed by atoms with Gasteiger partial charge >= 0.3 is 6.18 Å². The highest BCUT2D eigenvalue weighted by Gasteiger charge is 2.41. The van der Waals surface area contributed by atoms with Gasteiger partial charge in [0.15, 0.2) is 17.0 Å². The van der Waals surface area contributed by atoms with E-state index in [-0.39, 0.29) is 34.0 Å². The number of halogens is 4. The number of carbonyl (C=O) groups is 1. The van der Waals surface area contributed by atoms with Crippen LogP contribution in [0.15, 0.2) is 48.5 Å². The minimum atomic E-state index is -4.75. The van der Waals surface area contributed by atoms with E-state index < -0.39 is 17.8 Å². The van der Waals surface area contributed by atoms with Gasteiger partial charge in [0, 0.05) is 11.1 Å². The Labute approximate surface area is 232 Å². The van der Waals surface area contributed by atoms with Crippen molar-refractivity contribution in [3.05, 3.63) is 98.6 Å². The van der Waals surface area contributed by atoms with Gasteiger partial charge in [-0.25, -0.2) is 9.50 Å². The molecule has 0 saturated carbocycles. The van der Waals surface area contributed by atoms with E-state index in [0.29, 0.717) is 40.1 Å². The molecule has 40 heavy (non-hydrogen) atoms. The Bertz CT molecular complexity index is 1820. The highest BCUT2D eigenvalue weighted by Crippen LogP contribution is 2.42. The van der Waals surface area contributed by atoms with E-state index >= 15 is 0 Å². The molecule has 5 aromatic rings. The lowest BCUT2D eigenvalue weighted by molar-refractivity contribution is -0.143. The second-order valence-electron chi connectivity index (χ2n) is 9.92. The fraction of sp³-hybridized carbons (Fsp3) is 0.241. The summed E-state index contributed by atoms with van der Waals surface area (Å²) < 4.78 is 45.8. The largest absolute Gasteiger partial charge is 0.433 e. The Morgan fingerprint density at radius 2 is 1.75 bits per heavy atom. The predicted octanol–water partition coefficient (Wildman–Crippen LogP) is 6.59. The molecule has 6 rings (SSSR count). The number of anilines is 1. The van der Waals surface area contributed by atoms with Crippen molar-refractivity contribution in [3.8, 4) is 11.3 Å². The van der Waals surface area contributed by atoms with E-state index in [1.165, 1.54) is 0 Å². The molecule has 0 atom stereocenters. The van der Waals surface area contributed by atoms with Crippen molar-refractivity contribution in [1.82, 2.24) is 24.4 Å². The molecule has 3 aromatic heterocycles. The summed E-state index contributed by atoms with van der Waals surface area (Å²) in [7, 11) is 0. The van der Waals surface area contributed by atoms with Crippen molar-refractivity contribution >= 4 is 28.8 Å². The number of nitrogens with zero attached hydrogens (tertiary/aromatic N) is 5. The van der Waals surface area contributed by atoms with Crippen LogP contribution in [-0.4, -0.2) is 30.3 Å². The van der Waals surface area contributed by atoms with Crippen LogP contribution in [0.25, 0.3) is 16.9 Å². The number of rotatable bonds is 4. The van der Waals surface area contributed by atoms with Crippen molar-refractivity contribution in [2.45, 2.75) is 46.3 Å². The number of aryl methyl sites for hydroxylation is 3. The molecule has 0 fully saturated rings. The molecule has 7 nitrogen and oxygen atoms in total. The third-order valence-electron chi connectivity index (χ3n) is 7.41. The first-order valence-electron chi connectivity index (χ1n) is 12.7. The lowest BCUT2D eigenvalue weighted by atomic mass is 9.88. The third kappa shape index (κ3) is 4.23. The molecule has 0 radical (unpaired) electrons. The number of amides is 1. The van der Waals surface area contributed by atoms with Crippen molar-refractivity contribution in [2.75, 3.05) is 5.32 Å². The second-order valence-corrected chi connectivity index (χ2v) is 10.3. The lowest BCUT2D eigenvalue weighted by Crippen LogP contribution is -2.21. The smallest absolute Gasteiger partial charge is 0.317 e. The van der Waals surface area contributed by atoms with Crippen LogP contribution in [0, 0.1) is 20.8 Å². The van der Waals surface area contributed by atoms with Gasteiger partial charge < -0.3 is 5.32 Å². The number of carbonyl (C=O) groups excluding carboxylic acids is 1. The van der Waals surface area contributed by atoms with Crippen LogP contribution in [0.4, 0.5) is 18.9 Å². The maximum Gasteiger partial charge on any atom is 0.433 e. The number of aromatic nitrogens is 5. The monoisotopic (exact) mass is 564 g/mol. The molecular formula is C29H24ClF3N6O. The Balaban J connectivity index is 1.41. The second kappa shape index (κ2) is 9.48. The van der Waals surface area contributed by atoms with Gasteiger partial charge in [-0.3, -0.25) is 9.48 Å². The zero-order chi connectivity index (χ0) is 28.3. The summed E-state index contributed by atoms with van der Waals surface area (Å²) in [5, 5.41) is 11.1. The summed E-state index contributed by atoms with van der Waals surface area (Å²) in [6.45, 7) is 6.07. The summed E-state index contributed by atoms with van der Waals surface area (Å²) in [5.74, 6) is -0.747. The van der Waals surface area contributed by atoms with Crippen LogP contribution in [0.1, 0.15) is 49.8 Å². The molecule has 0 bridgehead atoms. The highest BCUT2D eigenvalue weighted by atomic mass is 35.5. The summed E-state index contributed by atoms with van der Waals surface area (Å²) >= 11 is 6.52.